The van der Waals surface area contributed by atoms with E-state index in [0.717, 1.165) is 64.2 Å². The van der Waals surface area contributed by atoms with Gasteiger partial charge in [0.15, 0.2) is 6.29 Å². The standard InChI is InChI=1S/C53H99NO10/c1-3-5-7-9-11-13-15-17-19-21-22-23-24-25-27-28-30-32-34-36-38-40-45(56)48(58)44(43-63-53-51(61)50(60)49(59)47(42-55)64-53)54-52(62)46(57)41-39-37-35-33-31-29-26-20-18-16-14-12-10-8-6-4-2/h12,14,18,20,32,34,44-51,53,55-61H,3-11,13,15-17,19,21-31,33,35-43H2,1-2H3,(H,54,62)/b14-12-,20-18-,34-32+. The van der Waals surface area contributed by atoms with Gasteiger partial charge in [-0.05, 0) is 70.6 Å². The Morgan fingerprint density at radius 2 is 0.969 bits per heavy atom. The van der Waals surface area contributed by atoms with Crippen LogP contribution < -0.4 is 5.32 Å². The maximum absolute atomic E-state index is 13.1. The number of hydrogen-bond donors (Lipinski definition) is 8. The van der Waals surface area contributed by atoms with Crippen LogP contribution in [-0.2, 0) is 14.3 Å². The van der Waals surface area contributed by atoms with Crippen molar-refractivity contribution in [2.24, 2.45) is 0 Å². The minimum atomic E-state index is -1.67. The number of ether oxygens (including phenoxy) is 2. The van der Waals surface area contributed by atoms with E-state index in [0.29, 0.717) is 12.8 Å². The molecule has 0 aromatic carbocycles. The van der Waals surface area contributed by atoms with Crippen LogP contribution >= 0.6 is 0 Å². The van der Waals surface area contributed by atoms with Crippen molar-refractivity contribution in [3.63, 3.8) is 0 Å². The van der Waals surface area contributed by atoms with Crippen LogP contribution in [0.15, 0.2) is 36.5 Å². The average Bonchev–Trinajstić information content (AvgIpc) is 3.29. The van der Waals surface area contributed by atoms with Crippen molar-refractivity contribution in [1.82, 2.24) is 5.32 Å². The van der Waals surface area contributed by atoms with Crippen LogP contribution in [0.3, 0.4) is 0 Å². The number of carbonyl (C=O) groups is 1. The Morgan fingerprint density at radius 3 is 1.47 bits per heavy atom. The van der Waals surface area contributed by atoms with Gasteiger partial charge in [-0.15, -0.1) is 0 Å². The molecule has 0 bridgehead atoms. The molecule has 0 spiro atoms. The van der Waals surface area contributed by atoms with E-state index in [9.17, 15) is 40.5 Å². The molecule has 0 aromatic rings. The number of allylic oxidation sites excluding steroid dienone is 6. The highest BCUT2D eigenvalue weighted by Crippen LogP contribution is 2.23. The fourth-order valence-corrected chi connectivity index (χ4v) is 8.29. The summed E-state index contributed by atoms with van der Waals surface area (Å²) < 4.78 is 11.1. The van der Waals surface area contributed by atoms with Gasteiger partial charge in [0.05, 0.1) is 25.4 Å². The molecule has 1 rings (SSSR count). The zero-order chi connectivity index (χ0) is 46.9. The summed E-state index contributed by atoms with van der Waals surface area (Å²) in [6, 6.07) is -1.19. The zero-order valence-electron chi connectivity index (χ0n) is 40.8. The van der Waals surface area contributed by atoms with Gasteiger partial charge in [0, 0.05) is 0 Å². The fourth-order valence-electron chi connectivity index (χ4n) is 8.29. The fraction of sp³-hybridized carbons (Fsp3) is 0.868. The Bertz CT molecular complexity index is 1130. The summed E-state index contributed by atoms with van der Waals surface area (Å²) in [7, 11) is 0. The maximum atomic E-state index is 13.1. The number of aliphatic hydroxyl groups excluding tert-OH is 7. The van der Waals surface area contributed by atoms with Crippen molar-refractivity contribution in [2.45, 2.75) is 281 Å². The molecule has 1 aliphatic heterocycles. The molecule has 8 N–H and O–H groups in total. The molecule has 376 valence electrons. The predicted molar refractivity (Wildman–Crippen MR) is 261 cm³/mol. The summed E-state index contributed by atoms with van der Waals surface area (Å²) in [6.07, 6.45) is 39.0. The zero-order valence-corrected chi connectivity index (χ0v) is 40.8. The molecule has 1 amide bonds. The van der Waals surface area contributed by atoms with Gasteiger partial charge < -0.3 is 50.5 Å². The molecule has 11 nitrogen and oxygen atoms in total. The van der Waals surface area contributed by atoms with Gasteiger partial charge in [0.2, 0.25) is 5.91 Å². The lowest BCUT2D eigenvalue weighted by atomic mass is 9.98. The van der Waals surface area contributed by atoms with E-state index in [4.69, 9.17) is 9.47 Å². The van der Waals surface area contributed by atoms with Crippen LogP contribution in [0.1, 0.15) is 226 Å². The summed E-state index contributed by atoms with van der Waals surface area (Å²) >= 11 is 0. The summed E-state index contributed by atoms with van der Waals surface area (Å²) in [5.41, 5.74) is 0. The molecule has 0 radical (unpaired) electrons. The predicted octanol–water partition coefficient (Wildman–Crippen LogP) is 9.95. The number of hydrogen-bond acceptors (Lipinski definition) is 10. The van der Waals surface area contributed by atoms with Gasteiger partial charge in [-0.1, -0.05) is 192 Å². The first-order chi connectivity index (χ1) is 31.2. The molecular weight excluding hydrogens is 811 g/mol. The van der Waals surface area contributed by atoms with E-state index in [2.05, 4.69) is 55.6 Å². The molecule has 64 heavy (non-hydrogen) atoms. The number of amides is 1. The third-order valence-electron chi connectivity index (χ3n) is 12.7. The molecule has 9 unspecified atom stereocenters. The van der Waals surface area contributed by atoms with Gasteiger partial charge in [-0.2, -0.15) is 0 Å². The molecule has 11 heteroatoms. The Morgan fingerprint density at radius 1 is 0.547 bits per heavy atom. The van der Waals surface area contributed by atoms with Crippen molar-refractivity contribution in [1.29, 1.82) is 0 Å². The van der Waals surface area contributed by atoms with Crippen molar-refractivity contribution in [2.75, 3.05) is 13.2 Å². The minimum absolute atomic E-state index is 0.241. The largest absolute Gasteiger partial charge is 0.394 e. The van der Waals surface area contributed by atoms with Crippen LogP contribution in [-0.4, -0.2) is 110 Å². The molecule has 0 aromatic heterocycles. The van der Waals surface area contributed by atoms with Crippen molar-refractivity contribution >= 4 is 5.91 Å². The Balaban J connectivity index is 2.40. The lowest BCUT2D eigenvalue weighted by molar-refractivity contribution is -0.303. The number of unbranched alkanes of at least 4 members (excludes halogenated alkanes) is 26. The molecule has 0 saturated carbocycles. The van der Waals surface area contributed by atoms with Crippen LogP contribution in [0.4, 0.5) is 0 Å². The number of carbonyl (C=O) groups excluding carboxylic acids is 1. The van der Waals surface area contributed by atoms with E-state index in [1.807, 2.05) is 0 Å². The van der Waals surface area contributed by atoms with Gasteiger partial charge in [-0.3, -0.25) is 4.79 Å². The molecule has 1 saturated heterocycles. The van der Waals surface area contributed by atoms with E-state index in [-0.39, 0.29) is 12.8 Å². The van der Waals surface area contributed by atoms with E-state index < -0.39 is 74.2 Å². The molecule has 1 heterocycles. The SMILES string of the molecule is CCCCC/C=C\C/C=C\CCCCCCCCC(O)C(=O)NC(COC1OC(CO)C(O)C(O)C1O)C(O)C(O)CCC/C=C/CCCCCCCCCCCCCCCCCC. The second-order valence-electron chi connectivity index (χ2n) is 18.6. The first-order valence-corrected chi connectivity index (χ1v) is 26.4. The Hall–Kier alpha value is -1.67. The van der Waals surface area contributed by atoms with Crippen molar-refractivity contribution < 1.29 is 50.0 Å². The average molecular weight is 910 g/mol. The van der Waals surface area contributed by atoms with Crippen molar-refractivity contribution in [3.8, 4) is 0 Å². The molecule has 9 atom stereocenters. The summed E-state index contributed by atoms with van der Waals surface area (Å²) in [5.74, 6) is -0.715. The van der Waals surface area contributed by atoms with Crippen LogP contribution in [0.2, 0.25) is 0 Å². The topological polar surface area (TPSA) is 189 Å². The number of aliphatic hydroxyl groups is 7. The minimum Gasteiger partial charge on any atom is -0.394 e. The van der Waals surface area contributed by atoms with E-state index in [1.165, 1.54) is 122 Å². The van der Waals surface area contributed by atoms with Gasteiger partial charge in [-0.25, -0.2) is 0 Å². The first kappa shape index (κ1) is 60.3. The third-order valence-corrected chi connectivity index (χ3v) is 12.7. The monoisotopic (exact) mass is 910 g/mol. The highest BCUT2D eigenvalue weighted by molar-refractivity contribution is 5.80. The summed E-state index contributed by atoms with van der Waals surface area (Å²) in [4.78, 5) is 13.1. The summed E-state index contributed by atoms with van der Waals surface area (Å²) in [6.45, 7) is 3.41. The molecule has 1 aliphatic rings. The van der Waals surface area contributed by atoms with E-state index >= 15 is 0 Å². The van der Waals surface area contributed by atoms with E-state index in [1.54, 1.807) is 0 Å². The van der Waals surface area contributed by atoms with Gasteiger partial charge >= 0.3 is 0 Å². The quantitative estimate of drug-likeness (QED) is 0.0216. The Labute approximate surface area is 390 Å². The van der Waals surface area contributed by atoms with Gasteiger partial charge in [0.25, 0.3) is 0 Å². The van der Waals surface area contributed by atoms with Crippen LogP contribution in [0.5, 0.6) is 0 Å². The number of rotatable bonds is 44. The highest BCUT2D eigenvalue weighted by Gasteiger charge is 2.44. The van der Waals surface area contributed by atoms with Crippen molar-refractivity contribution in [3.05, 3.63) is 36.5 Å². The smallest absolute Gasteiger partial charge is 0.249 e. The Kier molecular flexibility index (Phi) is 40.2. The highest BCUT2D eigenvalue weighted by atomic mass is 16.7. The lowest BCUT2D eigenvalue weighted by Crippen LogP contribution is -2.60. The second kappa shape index (κ2) is 42.7. The summed E-state index contributed by atoms with van der Waals surface area (Å²) in [5, 5.41) is 75.9. The normalized spacial score (nSPS) is 21.3. The third kappa shape index (κ3) is 31.3. The second-order valence-corrected chi connectivity index (χ2v) is 18.6. The molecular formula is C53H99NO10. The first-order valence-electron chi connectivity index (χ1n) is 26.4. The lowest BCUT2D eigenvalue weighted by Gasteiger charge is -2.40. The molecule has 0 aliphatic carbocycles. The number of nitrogens with one attached hydrogen (secondary N) is 1. The van der Waals surface area contributed by atoms with Gasteiger partial charge in [0.1, 0.15) is 36.6 Å². The maximum Gasteiger partial charge on any atom is 0.249 e. The van der Waals surface area contributed by atoms with Crippen LogP contribution in [0.25, 0.3) is 0 Å². The molecule has 1 fully saturated rings. The van der Waals surface area contributed by atoms with Crippen LogP contribution in [0, 0.1) is 0 Å².